The fourth-order valence-corrected chi connectivity index (χ4v) is 3.64. The van der Waals surface area contributed by atoms with E-state index in [4.69, 9.17) is 4.74 Å². The number of amides is 1. The Kier molecular flexibility index (Phi) is 5.53. The van der Waals surface area contributed by atoms with Crippen molar-refractivity contribution in [3.05, 3.63) is 52.8 Å². The minimum atomic E-state index is 0.0267. The smallest absolute Gasteiger partial charge is 0.272 e. The first-order valence-corrected chi connectivity index (χ1v) is 9.09. The molecule has 1 aromatic carbocycles. The van der Waals surface area contributed by atoms with Gasteiger partial charge in [-0.05, 0) is 50.3 Å². The summed E-state index contributed by atoms with van der Waals surface area (Å²) in [5, 5.41) is 4.46. The Morgan fingerprint density at radius 2 is 2.20 bits per heavy atom. The first-order valence-electron chi connectivity index (χ1n) is 9.09. The van der Waals surface area contributed by atoms with Gasteiger partial charge in [-0.1, -0.05) is 24.3 Å². The number of nitrogens with zero attached hydrogens (tertiary/aromatic N) is 3. The Labute approximate surface area is 149 Å². The highest BCUT2D eigenvalue weighted by atomic mass is 16.5. The highest BCUT2D eigenvalue weighted by Gasteiger charge is 2.28. The summed E-state index contributed by atoms with van der Waals surface area (Å²) < 4.78 is 7.20. The van der Waals surface area contributed by atoms with E-state index in [0.29, 0.717) is 25.5 Å². The normalized spacial score (nSPS) is 16.5. The van der Waals surface area contributed by atoms with Crippen LogP contribution in [-0.4, -0.2) is 40.8 Å². The van der Waals surface area contributed by atoms with Gasteiger partial charge in [0.1, 0.15) is 5.69 Å². The molecule has 1 aliphatic carbocycles. The van der Waals surface area contributed by atoms with Crippen molar-refractivity contribution in [2.45, 2.75) is 45.7 Å². The number of carbonyl (C=O) groups excluding carboxylic acids is 1. The zero-order chi connectivity index (χ0) is 17.8. The van der Waals surface area contributed by atoms with Crippen molar-refractivity contribution in [1.29, 1.82) is 0 Å². The zero-order valence-electron chi connectivity index (χ0n) is 15.4. The molecule has 1 heterocycles. The van der Waals surface area contributed by atoms with E-state index in [1.54, 1.807) is 4.68 Å². The molecule has 2 aromatic rings. The van der Waals surface area contributed by atoms with Gasteiger partial charge in [-0.25, -0.2) is 0 Å². The standard InChI is InChI=1S/C20H27N3O2/c1-4-25-13-12-23-19(14-15(2)21-23)20(24)22(3)18-11-7-9-16-8-5-6-10-17(16)18/h5-6,8,10,14,18H,4,7,9,11-13H2,1-3H3/t18-/m1/s1. The van der Waals surface area contributed by atoms with Gasteiger partial charge in [0.15, 0.2) is 0 Å². The van der Waals surface area contributed by atoms with Gasteiger partial charge < -0.3 is 9.64 Å². The second-order valence-electron chi connectivity index (χ2n) is 6.61. The Bertz CT molecular complexity index is 738. The van der Waals surface area contributed by atoms with Crippen LogP contribution < -0.4 is 0 Å². The molecule has 134 valence electrons. The lowest BCUT2D eigenvalue weighted by atomic mass is 9.87. The van der Waals surface area contributed by atoms with Crippen molar-refractivity contribution in [3.8, 4) is 0 Å². The van der Waals surface area contributed by atoms with Crippen LogP contribution in [0.1, 0.15) is 53.1 Å². The first kappa shape index (κ1) is 17.7. The van der Waals surface area contributed by atoms with Gasteiger partial charge in [-0.2, -0.15) is 5.10 Å². The molecule has 1 aromatic heterocycles. The number of aryl methyl sites for hydroxylation is 2. The van der Waals surface area contributed by atoms with Gasteiger partial charge in [-0.15, -0.1) is 0 Å². The summed E-state index contributed by atoms with van der Waals surface area (Å²) in [4.78, 5) is 15.0. The van der Waals surface area contributed by atoms with Crippen LogP contribution in [0.2, 0.25) is 0 Å². The van der Waals surface area contributed by atoms with Crippen LogP contribution >= 0.6 is 0 Å². The molecule has 0 saturated heterocycles. The summed E-state index contributed by atoms with van der Waals surface area (Å²) in [6.45, 7) is 5.71. The largest absolute Gasteiger partial charge is 0.380 e. The summed E-state index contributed by atoms with van der Waals surface area (Å²) in [6.07, 6.45) is 3.22. The Hall–Kier alpha value is -2.14. The van der Waals surface area contributed by atoms with E-state index in [1.165, 1.54) is 11.1 Å². The van der Waals surface area contributed by atoms with E-state index >= 15 is 0 Å². The maximum absolute atomic E-state index is 13.1. The van der Waals surface area contributed by atoms with Gasteiger partial charge in [0, 0.05) is 13.7 Å². The molecule has 0 aliphatic heterocycles. The zero-order valence-corrected chi connectivity index (χ0v) is 15.4. The van der Waals surface area contributed by atoms with E-state index in [-0.39, 0.29) is 11.9 Å². The van der Waals surface area contributed by atoms with Crippen molar-refractivity contribution in [1.82, 2.24) is 14.7 Å². The molecule has 1 amide bonds. The number of hydrogen-bond donors (Lipinski definition) is 0. The van der Waals surface area contributed by atoms with Crippen LogP contribution in [0.3, 0.4) is 0 Å². The topological polar surface area (TPSA) is 47.4 Å². The van der Waals surface area contributed by atoms with E-state index in [2.05, 4.69) is 29.4 Å². The maximum atomic E-state index is 13.1. The minimum Gasteiger partial charge on any atom is -0.380 e. The number of hydrogen-bond acceptors (Lipinski definition) is 3. The summed E-state index contributed by atoms with van der Waals surface area (Å²) in [5.41, 5.74) is 4.14. The van der Waals surface area contributed by atoms with Crippen molar-refractivity contribution in [2.75, 3.05) is 20.3 Å². The van der Waals surface area contributed by atoms with Crippen molar-refractivity contribution >= 4 is 5.91 Å². The van der Waals surface area contributed by atoms with Crippen molar-refractivity contribution in [3.63, 3.8) is 0 Å². The minimum absolute atomic E-state index is 0.0267. The second-order valence-corrected chi connectivity index (χ2v) is 6.61. The highest BCUT2D eigenvalue weighted by molar-refractivity contribution is 5.93. The lowest BCUT2D eigenvalue weighted by Gasteiger charge is -2.33. The molecule has 0 radical (unpaired) electrons. The lowest BCUT2D eigenvalue weighted by molar-refractivity contribution is 0.0697. The number of carbonyl (C=O) groups is 1. The molecule has 0 fully saturated rings. The van der Waals surface area contributed by atoms with Crippen molar-refractivity contribution < 1.29 is 9.53 Å². The van der Waals surface area contributed by atoms with Crippen molar-refractivity contribution in [2.24, 2.45) is 0 Å². The Balaban J connectivity index is 1.82. The predicted molar refractivity (Wildman–Crippen MR) is 97.7 cm³/mol. The number of aromatic nitrogens is 2. The molecule has 0 N–H and O–H groups in total. The first-order chi connectivity index (χ1) is 12.1. The van der Waals surface area contributed by atoms with E-state index in [9.17, 15) is 4.79 Å². The number of rotatable bonds is 6. The van der Waals surface area contributed by atoms with Gasteiger partial charge in [0.25, 0.3) is 5.91 Å². The molecule has 5 nitrogen and oxygen atoms in total. The van der Waals surface area contributed by atoms with Crippen LogP contribution in [0.5, 0.6) is 0 Å². The van der Waals surface area contributed by atoms with Gasteiger partial charge in [0.2, 0.25) is 0 Å². The van der Waals surface area contributed by atoms with Gasteiger partial charge in [0.05, 0.1) is 24.9 Å². The monoisotopic (exact) mass is 341 g/mol. The molecule has 1 aliphatic rings. The van der Waals surface area contributed by atoms with Crippen LogP contribution in [0.15, 0.2) is 30.3 Å². The molecule has 0 unspecified atom stereocenters. The molecule has 25 heavy (non-hydrogen) atoms. The summed E-state index contributed by atoms with van der Waals surface area (Å²) >= 11 is 0. The molecule has 0 bridgehead atoms. The maximum Gasteiger partial charge on any atom is 0.272 e. The SMILES string of the molecule is CCOCCn1nc(C)cc1C(=O)N(C)[C@@H]1CCCc2ccccc21. The van der Waals surface area contributed by atoms with Crippen LogP contribution in [0, 0.1) is 6.92 Å². The summed E-state index contributed by atoms with van der Waals surface area (Å²) in [6, 6.07) is 10.5. The van der Waals surface area contributed by atoms with E-state index < -0.39 is 0 Å². The predicted octanol–water partition coefficient (Wildman–Crippen LogP) is 3.38. The summed E-state index contributed by atoms with van der Waals surface area (Å²) in [7, 11) is 1.91. The molecule has 1 atom stereocenters. The molecule has 5 heteroatoms. The fraction of sp³-hybridized carbons (Fsp3) is 0.500. The Morgan fingerprint density at radius 3 is 3.00 bits per heavy atom. The number of benzene rings is 1. The number of ether oxygens (including phenoxy) is 1. The fourth-order valence-electron chi connectivity index (χ4n) is 3.64. The third-order valence-corrected chi connectivity index (χ3v) is 4.90. The van der Waals surface area contributed by atoms with Crippen LogP contribution in [0.4, 0.5) is 0 Å². The lowest BCUT2D eigenvalue weighted by Crippen LogP contribution is -2.34. The van der Waals surface area contributed by atoms with E-state index in [0.717, 1.165) is 25.0 Å². The second kappa shape index (κ2) is 7.83. The molecule has 0 saturated carbocycles. The van der Waals surface area contributed by atoms with Crippen LogP contribution in [-0.2, 0) is 17.7 Å². The average Bonchev–Trinajstić information content (AvgIpc) is 3.01. The van der Waals surface area contributed by atoms with Gasteiger partial charge >= 0.3 is 0 Å². The number of fused-ring (bicyclic) bond motifs is 1. The molecule has 3 rings (SSSR count). The van der Waals surface area contributed by atoms with E-state index in [1.807, 2.05) is 31.9 Å². The third-order valence-electron chi connectivity index (χ3n) is 4.90. The van der Waals surface area contributed by atoms with Gasteiger partial charge in [-0.3, -0.25) is 9.48 Å². The third kappa shape index (κ3) is 3.76. The highest BCUT2D eigenvalue weighted by Crippen LogP contribution is 2.34. The van der Waals surface area contributed by atoms with Crippen LogP contribution in [0.25, 0.3) is 0 Å². The molecule has 0 spiro atoms. The summed E-state index contributed by atoms with van der Waals surface area (Å²) in [5.74, 6) is 0.0267. The molecular formula is C20H27N3O2. The Morgan fingerprint density at radius 1 is 1.40 bits per heavy atom. The quantitative estimate of drug-likeness (QED) is 0.757. The average molecular weight is 341 g/mol. The molecular weight excluding hydrogens is 314 g/mol.